The number of carbonyl (C=O) groups excluding carboxylic acids is 2. The molecule has 2 aromatic rings. The van der Waals surface area contributed by atoms with Crippen molar-refractivity contribution in [1.82, 2.24) is 9.78 Å². The Hall–Kier alpha value is -3.03. The van der Waals surface area contributed by atoms with Crippen molar-refractivity contribution in [1.29, 1.82) is 0 Å². The van der Waals surface area contributed by atoms with Crippen LogP contribution in [0.25, 0.3) is 5.69 Å². The highest BCUT2D eigenvalue weighted by atomic mass is 16.6. The first-order valence-electron chi connectivity index (χ1n) is 6.02. The maximum Gasteiger partial charge on any atom is 0.341 e. The molecule has 0 aliphatic rings. The fourth-order valence-electron chi connectivity index (χ4n) is 1.73. The highest BCUT2D eigenvalue weighted by Gasteiger charge is 2.18. The predicted octanol–water partition coefficient (Wildman–Crippen LogP) is 1.77. The zero-order valence-electron chi connectivity index (χ0n) is 11.1. The molecule has 1 aromatic heterocycles. The molecule has 0 amide bonds. The number of nitrogens with zero attached hydrogens (tertiary/aromatic N) is 3. The van der Waals surface area contributed by atoms with E-state index in [-0.39, 0.29) is 29.1 Å². The number of benzene rings is 1. The molecule has 0 aliphatic carbocycles. The molecule has 1 aromatic carbocycles. The minimum absolute atomic E-state index is 0.154. The summed E-state index contributed by atoms with van der Waals surface area (Å²) in [5.74, 6) is -0.559. The Bertz CT molecular complexity index is 708. The summed E-state index contributed by atoms with van der Waals surface area (Å²) in [6, 6.07) is 3.97. The fourth-order valence-corrected chi connectivity index (χ4v) is 1.73. The number of hydrogen-bond donors (Lipinski definition) is 0. The van der Waals surface area contributed by atoms with E-state index < -0.39 is 10.9 Å². The molecule has 0 bridgehead atoms. The minimum atomic E-state index is -0.617. The minimum Gasteiger partial charge on any atom is -0.462 e. The van der Waals surface area contributed by atoms with Crippen LogP contribution in [0.5, 0.6) is 0 Å². The van der Waals surface area contributed by atoms with Gasteiger partial charge in [0.15, 0.2) is 0 Å². The third-order valence-corrected chi connectivity index (χ3v) is 2.67. The second kappa shape index (κ2) is 5.95. The molecule has 8 heteroatoms. The summed E-state index contributed by atoms with van der Waals surface area (Å²) in [5, 5.41) is 15.0. The first kappa shape index (κ1) is 14.4. The molecule has 8 nitrogen and oxygen atoms in total. The molecule has 0 N–H and O–H groups in total. The van der Waals surface area contributed by atoms with Crippen molar-refractivity contribution in [2.45, 2.75) is 6.92 Å². The molecule has 21 heavy (non-hydrogen) atoms. The van der Waals surface area contributed by atoms with E-state index in [2.05, 4.69) is 5.10 Å². The summed E-state index contributed by atoms with van der Waals surface area (Å²) in [5.41, 5.74) is 0.244. The summed E-state index contributed by atoms with van der Waals surface area (Å²) in [6.45, 7) is 1.89. The molecule has 0 radical (unpaired) electrons. The second-order valence-electron chi connectivity index (χ2n) is 4.02. The second-order valence-corrected chi connectivity index (χ2v) is 4.02. The number of aldehydes is 1. The van der Waals surface area contributed by atoms with E-state index in [4.69, 9.17) is 4.74 Å². The first-order chi connectivity index (χ1) is 10.1. The number of carbonyl (C=O) groups is 2. The lowest BCUT2D eigenvalue weighted by molar-refractivity contribution is -0.384. The van der Waals surface area contributed by atoms with E-state index in [1.54, 1.807) is 6.92 Å². The molecule has 1 heterocycles. The van der Waals surface area contributed by atoms with Gasteiger partial charge in [-0.3, -0.25) is 14.9 Å². The molecule has 0 saturated carbocycles. The Morgan fingerprint density at radius 1 is 1.52 bits per heavy atom. The number of esters is 1. The Morgan fingerprint density at radius 2 is 2.29 bits per heavy atom. The number of aromatic nitrogens is 2. The summed E-state index contributed by atoms with van der Waals surface area (Å²) in [4.78, 5) is 32.7. The van der Waals surface area contributed by atoms with E-state index in [0.717, 1.165) is 6.07 Å². The Labute approximate surface area is 119 Å². The Kier molecular flexibility index (Phi) is 4.07. The summed E-state index contributed by atoms with van der Waals surface area (Å²) >= 11 is 0. The summed E-state index contributed by atoms with van der Waals surface area (Å²) < 4.78 is 6.01. The van der Waals surface area contributed by atoms with Gasteiger partial charge in [-0.25, -0.2) is 9.48 Å². The first-order valence-corrected chi connectivity index (χ1v) is 6.02. The van der Waals surface area contributed by atoms with Crippen LogP contribution in [0.3, 0.4) is 0 Å². The van der Waals surface area contributed by atoms with Crippen LogP contribution in [0.2, 0.25) is 0 Å². The number of nitro groups is 1. The number of nitro benzene ring substituents is 1. The van der Waals surface area contributed by atoms with Gasteiger partial charge in [-0.1, -0.05) is 0 Å². The molecule has 0 saturated heterocycles. The van der Waals surface area contributed by atoms with Crippen molar-refractivity contribution < 1.29 is 19.2 Å². The fraction of sp³-hybridized carbons (Fsp3) is 0.154. The van der Waals surface area contributed by atoms with E-state index in [0.29, 0.717) is 6.29 Å². The van der Waals surface area contributed by atoms with Crippen LogP contribution >= 0.6 is 0 Å². The molecule has 0 aliphatic heterocycles. The van der Waals surface area contributed by atoms with Gasteiger partial charge in [0, 0.05) is 17.8 Å². The lowest BCUT2D eigenvalue weighted by Gasteiger charge is -2.03. The van der Waals surface area contributed by atoms with Gasteiger partial charge in [0.1, 0.15) is 12.0 Å². The quantitative estimate of drug-likeness (QED) is 0.359. The van der Waals surface area contributed by atoms with Crippen molar-refractivity contribution in [2.75, 3.05) is 6.61 Å². The maximum absolute atomic E-state index is 11.6. The van der Waals surface area contributed by atoms with Crippen LogP contribution in [0, 0.1) is 10.1 Å². The zero-order valence-corrected chi connectivity index (χ0v) is 11.1. The lowest BCUT2D eigenvalue weighted by Crippen LogP contribution is -2.04. The molecule has 0 spiro atoms. The topological polar surface area (TPSA) is 104 Å². The smallest absolute Gasteiger partial charge is 0.341 e. The van der Waals surface area contributed by atoms with E-state index in [9.17, 15) is 19.7 Å². The third-order valence-electron chi connectivity index (χ3n) is 2.67. The van der Waals surface area contributed by atoms with Gasteiger partial charge >= 0.3 is 5.97 Å². The van der Waals surface area contributed by atoms with Gasteiger partial charge in [-0.05, 0) is 19.1 Å². The normalized spacial score (nSPS) is 10.1. The Morgan fingerprint density at radius 3 is 2.90 bits per heavy atom. The van der Waals surface area contributed by atoms with Crippen LogP contribution < -0.4 is 0 Å². The molecular weight excluding hydrogens is 278 g/mol. The highest BCUT2D eigenvalue weighted by molar-refractivity contribution is 5.89. The van der Waals surface area contributed by atoms with Crippen LogP contribution in [-0.2, 0) is 4.74 Å². The maximum atomic E-state index is 11.6. The van der Waals surface area contributed by atoms with Crippen molar-refractivity contribution in [3.05, 3.63) is 51.8 Å². The lowest BCUT2D eigenvalue weighted by atomic mass is 10.2. The largest absolute Gasteiger partial charge is 0.462 e. The number of hydrogen-bond acceptors (Lipinski definition) is 6. The molecule has 0 atom stereocenters. The molecular formula is C13H11N3O5. The highest BCUT2D eigenvalue weighted by Crippen LogP contribution is 2.23. The predicted molar refractivity (Wildman–Crippen MR) is 71.6 cm³/mol. The molecule has 0 fully saturated rings. The van der Waals surface area contributed by atoms with Crippen LogP contribution in [0.15, 0.2) is 30.6 Å². The number of ether oxygens (including phenoxy) is 1. The summed E-state index contributed by atoms with van der Waals surface area (Å²) in [6.07, 6.45) is 3.11. The van der Waals surface area contributed by atoms with Crippen molar-refractivity contribution in [2.24, 2.45) is 0 Å². The van der Waals surface area contributed by atoms with E-state index in [1.165, 1.54) is 29.2 Å². The zero-order chi connectivity index (χ0) is 15.4. The average molecular weight is 289 g/mol. The van der Waals surface area contributed by atoms with Crippen molar-refractivity contribution in [3.8, 4) is 5.69 Å². The van der Waals surface area contributed by atoms with E-state index >= 15 is 0 Å². The van der Waals surface area contributed by atoms with Crippen LogP contribution in [0.4, 0.5) is 5.69 Å². The van der Waals surface area contributed by atoms with Gasteiger partial charge < -0.3 is 4.74 Å². The van der Waals surface area contributed by atoms with Crippen molar-refractivity contribution in [3.63, 3.8) is 0 Å². The van der Waals surface area contributed by atoms with Gasteiger partial charge in [0.25, 0.3) is 5.69 Å². The van der Waals surface area contributed by atoms with Gasteiger partial charge in [0.2, 0.25) is 0 Å². The standard InChI is InChI=1S/C13H11N3O5/c1-2-21-13(18)10-6-14-15(7-10)11-4-3-9(8-17)5-12(11)16(19)20/h3-8H,2H2,1H3. The molecule has 108 valence electrons. The number of rotatable bonds is 5. The summed E-state index contributed by atoms with van der Waals surface area (Å²) in [7, 11) is 0. The Balaban J connectivity index is 2.44. The van der Waals surface area contributed by atoms with Crippen LogP contribution in [0.1, 0.15) is 27.6 Å². The third kappa shape index (κ3) is 2.94. The monoisotopic (exact) mass is 289 g/mol. The van der Waals surface area contributed by atoms with Gasteiger partial charge in [-0.2, -0.15) is 5.10 Å². The van der Waals surface area contributed by atoms with Gasteiger partial charge in [-0.15, -0.1) is 0 Å². The van der Waals surface area contributed by atoms with Gasteiger partial charge in [0.05, 0.1) is 23.3 Å². The van der Waals surface area contributed by atoms with E-state index in [1.807, 2.05) is 0 Å². The SMILES string of the molecule is CCOC(=O)c1cnn(-c2ccc(C=O)cc2[N+](=O)[O-])c1. The van der Waals surface area contributed by atoms with Crippen molar-refractivity contribution >= 4 is 17.9 Å². The average Bonchev–Trinajstić information content (AvgIpc) is 2.96. The molecule has 0 unspecified atom stereocenters. The van der Waals surface area contributed by atoms with Crippen LogP contribution in [-0.4, -0.2) is 33.6 Å². The molecule has 2 rings (SSSR count).